The summed E-state index contributed by atoms with van der Waals surface area (Å²) >= 11 is 0. The number of hydrogen-bond acceptors (Lipinski definition) is 6. The van der Waals surface area contributed by atoms with E-state index in [9.17, 15) is 23.6 Å². The van der Waals surface area contributed by atoms with Crippen molar-refractivity contribution < 1.29 is 28.3 Å². The number of nitrogens with one attached hydrogen (secondary N) is 3. The first-order chi connectivity index (χ1) is 18.7. The van der Waals surface area contributed by atoms with Gasteiger partial charge >= 0.3 is 5.97 Å². The van der Waals surface area contributed by atoms with Crippen molar-refractivity contribution in [3.8, 4) is 0 Å². The summed E-state index contributed by atoms with van der Waals surface area (Å²) < 4.78 is 18.3. The van der Waals surface area contributed by atoms with Gasteiger partial charge in [0, 0.05) is 31.3 Å². The van der Waals surface area contributed by atoms with Gasteiger partial charge in [-0.2, -0.15) is 0 Å². The molecule has 1 aliphatic rings. The van der Waals surface area contributed by atoms with E-state index in [1.165, 1.54) is 12.1 Å². The van der Waals surface area contributed by atoms with Crippen LogP contribution >= 0.6 is 0 Å². The highest BCUT2D eigenvalue weighted by atomic mass is 19.1. The molecule has 1 saturated heterocycles. The zero-order valence-corrected chi connectivity index (χ0v) is 22.2. The highest BCUT2D eigenvalue weighted by Crippen LogP contribution is 2.19. The van der Waals surface area contributed by atoms with Gasteiger partial charge in [-0.15, -0.1) is 0 Å². The summed E-state index contributed by atoms with van der Waals surface area (Å²) in [5.74, 6) is -2.07. The lowest BCUT2D eigenvalue weighted by atomic mass is 9.94. The highest BCUT2D eigenvalue weighted by Gasteiger charge is 2.31. The topological polar surface area (TPSA) is 140 Å². The molecule has 10 heteroatoms. The SMILES string of the molecule is CCOC(=O)CC[C@H](C[C@@H]1CCNC1=O)NC(=O)[C@H](Cc1ccccc1)NC(=O)[C@H](N)Cc1ccc(F)cc1. The van der Waals surface area contributed by atoms with E-state index in [-0.39, 0.29) is 49.5 Å². The number of carbonyl (C=O) groups excluding carboxylic acids is 4. The average molecular weight is 541 g/mol. The molecule has 39 heavy (non-hydrogen) atoms. The smallest absolute Gasteiger partial charge is 0.305 e. The predicted octanol–water partition coefficient (Wildman–Crippen LogP) is 1.78. The molecule has 2 aromatic carbocycles. The van der Waals surface area contributed by atoms with Crippen LogP contribution in [0.4, 0.5) is 4.39 Å². The van der Waals surface area contributed by atoms with Gasteiger partial charge in [0.2, 0.25) is 17.7 Å². The van der Waals surface area contributed by atoms with Crippen molar-refractivity contribution in [2.45, 2.75) is 63.6 Å². The monoisotopic (exact) mass is 540 g/mol. The molecule has 4 atom stereocenters. The zero-order chi connectivity index (χ0) is 28.2. The van der Waals surface area contributed by atoms with E-state index in [4.69, 9.17) is 10.5 Å². The van der Waals surface area contributed by atoms with Crippen LogP contribution in [0, 0.1) is 11.7 Å². The second-order valence-corrected chi connectivity index (χ2v) is 9.75. The lowest BCUT2D eigenvalue weighted by molar-refractivity contribution is -0.143. The third kappa shape index (κ3) is 9.79. The number of ether oxygens (including phenoxy) is 1. The molecular weight excluding hydrogens is 503 g/mol. The summed E-state index contributed by atoms with van der Waals surface area (Å²) in [4.78, 5) is 50.7. The van der Waals surface area contributed by atoms with Gasteiger partial charge in [-0.25, -0.2) is 4.39 Å². The van der Waals surface area contributed by atoms with Crippen molar-refractivity contribution in [2.75, 3.05) is 13.2 Å². The molecule has 1 heterocycles. The van der Waals surface area contributed by atoms with Gasteiger partial charge in [0.15, 0.2) is 0 Å². The zero-order valence-electron chi connectivity index (χ0n) is 22.2. The van der Waals surface area contributed by atoms with Crippen molar-refractivity contribution in [1.82, 2.24) is 16.0 Å². The Balaban J connectivity index is 1.71. The lowest BCUT2D eigenvalue weighted by Crippen LogP contribution is -2.54. The van der Waals surface area contributed by atoms with Crippen molar-refractivity contribution in [3.63, 3.8) is 0 Å². The van der Waals surface area contributed by atoms with Crippen LogP contribution in [0.2, 0.25) is 0 Å². The third-order valence-corrected chi connectivity index (χ3v) is 6.70. The Morgan fingerprint density at radius 2 is 1.72 bits per heavy atom. The summed E-state index contributed by atoms with van der Waals surface area (Å²) in [6.45, 7) is 2.54. The number of nitrogens with two attached hydrogens (primary N) is 1. The van der Waals surface area contributed by atoms with Gasteiger partial charge in [-0.05, 0) is 55.9 Å². The number of amides is 3. The van der Waals surface area contributed by atoms with E-state index >= 15 is 0 Å². The Bertz CT molecular complexity index is 1110. The van der Waals surface area contributed by atoms with Crippen LogP contribution in [0.3, 0.4) is 0 Å². The Morgan fingerprint density at radius 1 is 1.03 bits per heavy atom. The van der Waals surface area contributed by atoms with E-state index in [1.807, 2.05) is 30.3 Å². The maximum Gasteiger partial charge on any atom is 0.305 e. The van der Waals surface area contributed by atoms with E-state index in [2.05, 4.69) is 16.0 Å². The van der Waals surface area contributed by atoms with Gasteiger partial charge in [0.1, 0.15) is 11.9 Å². The van der Waals surface area contributed by atoms with Gasteiger partial charge in [0.05, 0.1) is 12.6 Å². The molecule has 0 aliphatic carbocycles. The van der Waals surface area contributed by atoms with Crippen LogP contribution in [0.25, 0.3) is 0 Å². The summed E-state index contributed by atoms with van der Waals surface area (Å²) in [5, 5.41) is 8.52. The number of benzene rings is 2. The summed E-state index contributed by atoms with van der Waals surface area (Å²) in [5.41, 5.74) is 7.66. The molecule has 210 valence electrons. The molecular formula is C29H37FN4O5. The standard InChI is InChI=1S/C29H37FN4O5/c1-2-39-26(35)13-12-23(18-21-14-15-32-27(21)36)33-29(38)25(17-19-6-4-3-5-7-19)34-28(37)24(31)16-20-8-10-22(30)11-9-20/h3-11,21,23-25H,2,12-18,31H2,1H3,(H,32,36)(H,33,38)(H,34,37)/t21-,23+,24+,25-/m0/s1. The van der Waals surface area contributed by atoms with Crippen molar-refractivity contribution in [3.05, 3.63) is 71.5 Å². The second-order valence-electron chi connectivity index (χ2n) is 9.75. The maximum atomic E-state index is 13.5. The number of carbonyl (C=O) groups is 4. The fourth-order valence-electron chi connectivity index (χ4n) is 4.59. The number of halogens is 1. The molecule has 5 N–H and O–H groups in total. The highest BCUT2D eigenvalue weighted by molar-refractivity contribution is 5.90. The molecule has 9 nitrogen and oxygen atoms in total. The fourth-order valence-corrected chi connectivity index (χ4v) is 4.59. The fraction of sp³-hybridized carbons (Fsp3) is 0.448. The van der Waals surface area contributed by atoms with Crippen LogP contribution < -0.4 is 21.7 Å². The quantitative estimate of drug-likeness (QED) is 0.269. The number of esters is 1. The molecule has 1 fully saturated rings. The molecule has 1 aliphatic heterocycles. The number of rotatable bonds is 14. The van der Waals surface area contributed by atoms with Crippen molar-refractivity contribution >= 4 is 23.7 Å². The van der Waals surface area contributed by atoms with Crippen LogP contribution in [-0.4, -0.2) is 55.0 Å². The van der Waals surface area contributed by atoms with Gasteiger partial charge < -0.3 is 26.4 Å². The van der Waals surface area contributed by atoms with Crippen LogP contribution in [-0.2, 0) is 36.8 Å². The van der Waals surface area contributed by atoms with E-state index in [0.717, 1.165) is 5.56 Å². The van der Waals surface area contributed by atoms with Crippen molar-refractivity contribution in [1.29, 1.82) is 0 Å². The second kappa shape index (κ2) is 15.0. The van der Waals surface area contributed by atoms with Crippen molar-refractivity contribution in [2.24, 2.45) is 11.7 Å². The summed E-state index contributed by atoms with van der Waals surface area (Å²) in [7, 11) is 0. The van der Waals surface area contributed by atoms with E-state index in [0.29, 0.717) is 31.4 Å². The first-order valence-corrected chi connectivity index (χ1v) is 13.3. The molecule has 0 bridgehead atoms. The van der Waals surface area contributed by atoms with Crippen LogP contribution in [0.15, 0.2) is 54.6 Å². The van der Waals surface area contributed by atoms with E-state index < -0.39 is 29.9 Å². The Hall–Kier alpha value is -3.79. The van der Waals surface area contributed by atoms with Gasteiger partial charge in [-0.3, -0.25) is 19.2 Å². The first-order valence-electron chi connectivity index (χ1n) is 13.3. The summed E-state index contributed by atoms with van der Waals surface area (Å²) in [6.07, 6.45) is 1.79. The molecule has 0 spiro atoms. The molecule has 0 saturated carbocycles. The summed E-state index contributed by atoms with van der Waals surface area (Å²) in [6, 6.07) is 12.6. The Morgan fingerprint density at radius 3 is 2.36 bits per heavy atom. The molecule has 3 rings (SSSR count). The minimum atomic E-state index is -0.955. The third-order valence-electron chi connectivity index (χ3n) is 6.70. The molecule has 0 aromatic heterocycles. The first kappa shape index (κ1) is 29.8. The van der Waals surface area contributed by atoms with Crippen LogP contribution in [0.1, 0.15) is 43.7 Å². The maximum absolute atomic E-state index is 13.5. The molecule has 3 amide bonds. The Kier molecular flexibility index (Phi) is 11.4. The predicted molar refractivity (Wildman–Crippen MR) is 144 cm³/mol. The normalized spacial score (nSPS) is 17.0. The average Bonchev–Trinajstić information content (AvgIpc) is 3.32. The van der Waals surface area contributed by atoms with Gasteiger partial charge in [-0.1, -0.05) is 42.5 Å². The molecule has 0 radical (unpaired) electrons. The minimum absolute atomic E-state index is 0.0775. The minimum Gasteiger partial charge on any atom is -0.466 e. The Labute approximate surface area is 228 Å². The largest absolute Gasteiger partial charge is 0.466 e. The van der Waals surface area contributed by atoms with E-state index in [1.54, 1.807) is 19.1 Å². The van der Waals surface area contributed by atoms with Gasteiger partial charge in [0.25, 0.3) is 0 Å². The molecule has 0 unspecified atom stereocenters. The number of hydrogen-bond donors (Lipinski definition) is 4. The lowest BCUT2D eigenvalue weighted by Gasteiger charge is -2.26. The molecule has 2 aromatic rings. The van der Waals surface area contributed by atoms with Crippen LogP contribution in [0.5, 0.6) is 0 Å².